The van der Waals surface area contributed by atoms with Crippen LogP contribution in [-0.2, 0) is 17.8 Å². The lowest BCUT2D eigenvalue weighted by Gasteiger charge is -2.27. The minimum atomic E-state index is 0. The lowest BCUT2D eigenvalue weighted by atomic mass is 9.88. The van der Waals surface area contributed by atoms with Gasteiger partial charge in [0.15, 0.2) is 0 Å². The third-order valence-electron chi connectivity index (χ3n) is 3.56. The molecular weight excluding hydrogens is 238 g/mol. The zero-order chi connectivity index (χ0) is 11.0. The van der Waals surface area contributed by atoms with Gasteiger partial charge in [0.2, 0.25) is 0 Å². The Hall–Kier alpha value is -0.770. The van der Waals surface area contributed by atoms with E-state index in [-0.39, 0.29) is 12.4 Å². The van der Waals surface area contributed by atoms with Crippen LogP contribution in [0.4, 0.5) is 0 Å². The van der Waals surface area contributed by atoms with Crippen LogP contribution >= 0.6 is 12.4 Å². The number of halogens is 1. The van der Waals surface area contributed by atoms with Gasteiger partial charge in [0.1, 0.15) is 5.75 Å². The zero-order valence-corrected chi connectivity index (χ0v) is 10.8. The van der Waals surface area contributed by atoms with Crippen molar-refractivity contribution < 1.29 is 9.47 Å². The molecule has 0 radical (unpaired) electrons. The predicted octanol–water partition coefficient (Wildman–Crippen LogP) is 1.88. The lowest BCUT2D eigenvalue weighted by Crippen LogP contribution is -2.26. The summed E-state index contributed by atoms with van der Waals surface area (Å²) in [5, 5.41) is 3.47. The van der Waals surface area contributed by atoms with E-state index in [9.17, 15) is 0 Å². The lowest BCUT2D eigenvalue weighted by molar-refractivity contribution is 0.0892. The van der Waals surface area contributed by atoms with E-state index in [0.717, 1.165) is 31.9 Å². The average Bonchev–Trinajstić information content (AvgIpc) is 2.54. The third kappa shape index (κ3) is 2.15. The summed E-state index contributed by atoms with van der Waals surface area (Å²) in [6, 6.07) is 4.29. The van der Waals surface area contributed by atoms with Gasteiger partial charge in [0, 0.05) is 18.0 Å². The summed E-state index contributed by atoms with van der Waals surface area (Å²) in [6.45, 7) is 3.62. The summed E-state index contributed by atoms with van der Waals surface area (Å²) in [5.74, 6) is 1.47. The molecule has 1 N–H and O–H groups in total. The summed E-state index contributed by atoms with van der Waals surface area (Å²) < 4.78 is 11.1. The molecule has 1 unspecified atom stereocenters. The van der Waals surface area contributed by atoms with Crippen LogP contribution in [0.25, 0.3) is 0 Å². The largest absolute Gasteiger partial charge is 0.496 e. The van der Waals surface area contributed by atoms with Crippen molar-refractivity contribution in [2.45, 2.75) is 18.9 Å². The second-order valence-electron chi connectivity index (χ2n) is 4.49. The maximum Gasteiger partial charge on any atom is 0.124 e. The zero-order valence-electron chi connectivity index (χ0n) is 9.99. The highest BCUT2D eigenvalue weighted by Gasteiger charge is 2.27. The van der Waals surface area contributed by atoms with E-state index in [0.29, 0.717) is 12.5 Å². The molecule has 2 aliphatic heterocycles. The van der Waals surface area contributed by atoms with Gasteiger partial charge in [0.25, 0.3) is 0 Å². The van der Waals surface area contributed by atoms with E-state index in [4.69, 9.17) is 9.47 Å². The maximum absolute atomic E-state index is 5.67. The second-order valence-corrected chi connectivity index (χ2v) is 4.49. The Labute approximate surface area is 108 Å². The van der Waals surface area contributed by atoms with Crippen LogP contribution in [0.3, 0.4) is 0 Å². The first kappa shape index (κ1) is 12.7. The summed E-state index contributed by atoms with van der Waals surface area (Å²) in [6.07, 6.45) is 1.11. The Balaban J connectivity index is 0.00000108. The fourth-order valence-corrected chi connectivity index (χ4v) is 2.81. The molecule has 1 aromatic rings. The molecule has 0 aliphatic carbocycles. The summed E-state index contributed by atoms with van der Waals surface area (Å²) in [7, 11) is 1.73. The van der Waals surface area contributed by atoms with Gasteiger partial charge in [-0.15, -0.1) is 12.4 Å². The Kier molecular flexibility index (Phi) is 3.92. The van der Waals surface area contributed by atoms with Gasteiger partial charge in [0.05, 0.1) is 20.3 Å². The van der Waals surface area contributed by atoms with Crippen LogP contribution in [0.1, 0.15) is 22.6 Å². The molecule has 1 aromatic carbocycles. The summed E-state index contributed by atoms with van der Waals surface area (Å²) in [4.78, 5) is 0. The van der Waals surface area contributed by atoms with Gasteiger partial charge < -0.3 is 14.8 Å². The normalized spacial score (nSPS) is 22.1. The smallest absolute Gasteiger partial charge is 0.124 e. The van der Waals surface area contributed by atoms with Crippen LogP contribution in [0.2, 0.25) is 0 Å². The van der Waals surface area contributed by atoms with E-state index in [2.05, 4.69) is 17.4 Å². The number of methoxy groups -OCH3 is 1. The van der Waals surface area contributed by atoms with Gasteiger partial charge in [-0.05, 0) is 30.2 Å². The van der Waals surface area contributed by atoms with Gasteiger partial charge >= 0.3 is 0 Å². The first-order valence-corrected chi connectivity index (χ1v) is 5.87. The molecule has 0 saturated heterocycles. The van der Waals surface area contributed by atoms with Gasteiger partial charge in [-0.25, -0.2) is 0 Å². The maximum atomic E-state index is 5.67. The minimum Gasteiger partial charge on any atom is -0.496 e. The number of rotatable bonds is 1. The van der Waals surface area contributed by atoms with Crippen LogP contribution < -0.4 is 10.1 Å². The standard InChI is InChI=1S/C13H17NO2.ClH/c1-15-12-3-2-9-4-5-14-6-10-7-16-8-11(12)13(9)10;/h2-3,10,14H,4-8H2,1H3;1H. The van der Waals surface area contributed by atoms with Crippen LogP contribution in [0.15, 0.2) is 12.1 Å². The second kappa shape index (κ2) is 5.25. The van der Waals surface area contributed by atoms with Crippen LogP contribution in [0.5, 0.6) is 5.75 Å². The average molecular weight is 256 g/mol. The number of hydrogen-bond acceptors (Lipinski definition) is 3. The number of ether oxygens (including phenoxy) is 2. The number of nitrogens with one attached hydrogen (secondary N) is 1. The molecular formula is C13H18ClNO2. The van der Waals surface area contributed by atoms with Crippen LogP contribution in [-0.4, -0.2) is 26.8 Å². The monoisotopic (exact) mass is 255 g/mol. The van der Waals surface area contributed by atoms with Crippen molar-refractivity contribution in [3.8, 4) is 5.75 Å². The molecule has 0 saturated carbocycles. The van der Waals surface area contributed by atoms with Crippen molar-refractivity contribution in [3.05, 3.63) is 28.8 Å². The van der Waals surface area contributed by atoms with Crippen molar-refractivity contribution in [2.75, 3.05) is 26.8 Å². The van der Waals surface area contributed by atoms with Crippen molar-refractivity contribution in [1.29, 1.82) is 0 Å². The minimum absolute atomic E-state index is 0. The number of benzene rings is 1. The van der Waals surface area contributed by atoms with E-state index in [1.165, 1.54) is 16.7 Å². The Morgan fingerprint density at radius 1 is 1.41 bits per heavy atom. The van der Waals surface area contributed by atoms with E-state index >= 15 is 0 Å². The molecule has 17 heavy (non-hydrogen) atoms. The molecule has 94 valence electrons. The molecule has 4 heteroatoms. The summed E-state index contributed by atoms with van der Waals surface area (Å²) >= 11 is 0. The molecule has 2 heterocycles. The van der Waals surface area contributed by atoms with Crippen molar-refractivity contribution in [1.82, 2.24) is 5.32 Å². The summed E-state index contributed by atoms with van der Waals surface area (Å²) in [5.41, 5.74) is 4.21. The molecule has 1 atom stereocenters. The van der Waals surface area contributed by atoms with Gasteiger partial charge in [-0.1, -0.05) is 6.07 Å². The van der Waals surface area contributed by atoms with E-state index < -0.39 is 0 Å². The fourth-order valence-electron chi connectivity index (χ4n) is 2.81. The van der Waals surface area contributed by atoms with Crippen LogP contribution in [0, 0.1) is 0 Å². The Morgan fingerprint density at radius 3 is 3.12 bits per heavy atom. The topological polar surface area (TPSA) is 30.5 Å². The Morgan fingerprint density at radius 2 is 2.29 bits per heavy atom. The fraction of sp³-hybridized carbons (Fsp3) is 0.538. The first-order chi connectivity index (χ1) is 7.90. The van der Waals surface area contributed by atoms with Crippen molar-refractivity contribution >= 4 is 12.4 Å². The van der Waals surface area contributed by atoms with Gasteiger partial charge in [-0.2, -0.15) is 0 Å². The molecule has 3 rings (SSSR count). The van der Waals surface area contributed by atoms with Crippen molar-refractivity contribution in [2.24, 2.45) is 0 Å². The molecule has 2 aliphatic rings. The Bertz CT molecular complexity index is 409. The highest BCUT2D eigenvalue weighted by atomic mass is 35.5. The quantitative estimate of drug-likeness (QED) is 0.831. The highest BCUT2D eigenvalue weighted by molar-refractivity contribution is 5.85. The molecule has 0 fully saturated rings. The molecule has 0 amide bonds. The van der Waals surface area contributed by atoms with E-state index in [1.807, 2.05) is 0 Å². The molecule has 0 spiro atoms. The molecule has 3 nitrogen and oxygen atoms in total. The van der Waals surface area contributed by atoms with Crippen molar-refractivity contribution in [3.63, 3.8) is 0 Å². The predicted molar refractivity (Wildman–Crippen MR) is 69.2 cm³/mol. The molecule has 0 aromatic heterocycles. The van der Waals surface area contributed by atoms with E-state index in [1.54, 1.807) is 7.11 Å². The number of hydrogen-bond donors (Lipinski definition) is 1. The highest BCUT2D eigenvalue weighted by Crippen LogP contribution is 2.36. The SMILES string of the molecule is COc1ccc2c3c1COCC3CNCC2.Cl. The first-order valence-electron chi connectivity index (χ1n) is 5.87. The molecule has 0 bridgehead atoms. The third-order valence-corrected chi connectivity index (χ3v) is 3.56. The van der Waals surface area contributed by atoms with Gasteiger partial charge in [-0.3, -0.25) is 0 Å².